The molecular formula is C29H36N4O7. The maximum Gasteiger partial charge on any atom is 0.423 e. The molecule has 0 saturated carbocycles. The predicted octanol–water partition coefficient (Wildman–Crippen LogP) is 4.29. The number of oxazole rings is 1. The first kappa shape index (κ1) is 30.2. The largest absolute Gasteiger partial charge is 0.476 e. The number of carbonyl (C=O) groups is 3. The van der Waals surface area contributed by atoms with Gasteiger partial charge in [0, 0.05) is 18.7 Å². The number of carbonyl (C=O) groups excluding carboxylic acids is 2. The van der Waals surface area contributed by atoms with Crippen LogP contribution in [0.25, 0.3) is 11.5 Å². The fourth-order valence-corrected chi connectivity index (χ4v) is 4.18. The van der Waals surface area contributed by atoms with Crippen LogP contribution in [0.5, 0.6) is 5.75 Å². The van der Waals surface area contributed by atoms with Crippen LogP contribution < -0.4 is 15.6 Å². The molecule has 11 nitrogen and oxygen atoms in total. The number of aromatic nitrogens is 1. The van der Waals surface area contributed by atoms with E-state index >= 15 is 0 Å². The van der Waals surface area contributed by atoms with Gasteiger partial charge >= 0.3 is 12.1 Å². The highest BCUT2D eigenvalue weighted by Gasteiger charge is 2.32. The minimum atomic E-state index is -1.37. The molecule has 11 heteroatoms. The Morgan fingerprint density at radius 2 is 1.68 bits per heavy atom. The van der Waals surface area contributed by atoms with Crippen LogP contribution in [-0.4, -0.2) is 51.7 Å². The number of nitrogens with zero attached hydrogens (tertiary/aromatic N) is 2. The number of carboxylic acid groups (broad SMARTS) is 1. The van der Waals surface area contributed by atoms with E-state index in [-0.39, 0.29) is 19.7 Å². The van der Waals surface area contributed by atoms with Crippen molar-refractivity contribution in [1.29, 1.82) is 0 Å². The number of aryl methyl sites for hydroxylation is 3. The molecule has 0 aliphatic rings. The molecule has 0 atom stereocenters. The topological polar surface area (TPSA) is 143 Å². The molecule has 1 aromatic heterocycles. The highest BCUT2D eigenvalue weighted by molar-refractivity contribution is 5.80. The fraction of sp³-hybridized carbons (Fsp3) is 0.379. The van der Waals surface area contributed by atoms with Gasteiger partial charge in [0.15, 0.2) is 5.60 Å². The lowest BCUT2D eigenvalue weighted by atomic mass is 10.0. The third-order valence-electron chi connectivity index (χ3n) is 6.01. The second-order valence-corrected chi connectivity index (χ2v) is 9.90. The smallest absolute Gasteiger partial charge is 0.423 e. The van der Waals surface area contributed by atoms with Gasteiger partial charge in [-0.25, -0.2) is 20.0 Å². The first-order chi connectivity index (χ1) is 18.9. The third kappa shape index (κ3) is 8.06. The minimum Gasteiger partial charge on any atom is -0.476 e. The maximum atomic E-state index is 12.5. The molecular weight excluding hydrogens is 516 g/mol. The number of esters is 1. The van der Waals surface area contributed by atoms with Gasteiger partial charge in [0.2, 0.25) is 5.89 Å². The lowest BCUT2D eigenvalue weighted by Gasteiger charge is -2.27. The van der Waals surface area contributed by atoms with Crippen LogP contribution in [0.1, 0.15) is 48.9 Å². The van der Waals surface area contributed by atoms with Gasteiger partial charge in [-0.3, -0.25) is 15.1 Å². The molecule has 0 spiro atoms. The lowest BCUT2D eigenvalue weighted by Crippen LogP contribution is -2.45. The first-order valence-electron chi connectivity index (χ1n) is 12.9. The Labute approximate surface area is 233 Å². The van der Waals surface area contributed by atoms with Crippen LogP contribution in [0, 0.1) is 20.8 Å². The molecule has 2 aromatic carbocycles. The number of ether oxygens (including phenoxy) is 2. The molecule has 1 heterocycles. The fourth-order valence-electron chi connectivity index (χ4n) is 4.18. The summed E-state index contributed by atoms with van der Waals surface area (Å²) in [5.41, 5.74) is 6.88. The van der Waals surface area contributed by atoms with Gasteiger partial charge < -0.3 is 19.0 Å². The number of hydrogen-bond acceptors (Lipinski definition) is 8. The van der Waals surface area contributed by atoms with Crippen LogP contribution in [0.4, 0.5) is 4.79 Å². The highest BCUT2D eigenvalue weighted by atomic mass is 16.6. The van der Waals surface area contributed by atoms with E-state index < -0.39 is 23.6 Å². The number of nitrogens with one attached hydrogen (secondary N) is 2. The average Bonchev–Trinajstić information content (AvgIpc) is 3.25. The normalized spacial score (nSPS) is 11.3. The van der Waals surface area contributed by atoms with Crippen LogP contribution in [-0.2, 0) is 27.4 Å². The molecule has 0 aliphatic carbocycles. The van der Waals surface area contributed by atoms with Crippen molar-refractivity contribution < 1.29 is 33.4 Å². The monoisotopic (exact) mass is 552 g/mol. The molecule has 0 fully saturated rings. The highest BCUT2D eigenvalue weighted by Crippen LogP contribution is 2.30. The van der Waals surface area contributed by atoms with E-state index in [0.29, 0.717) is 29.6 Å². The summed E-state index contributed by atoms with van der Waals surface area (Å²) in [4.78, 5) is 42.2. The number of rotatable bonds is 11. The standard InChI is InChI=1S/C29H36N4O7/c1-7-38-27(35)29(5,6)40-25-18(2)13-21(14-19(25)3)15-33(17-24(34)31-32-28(36)37)16-23-20(4)39-26(30-23)22-11-9-8-10-12-22/h8-14,32H,7,15-17H2,1-6H3,(H,31,34)(H,36,37). The first-order valence-corrected chi connectivity index (χ1v) is 12.9. The Morgan fingerprint density at radius 3 is 2.27 bits per heavy atom. The molecule has 0 saturated heterocycles. The van der Waals surface area contributed by atoms with Crippen molar-refractivity contribution in [3.8, 4) is 17.2 Å². The number of hydrazine groups is 1. The zero-order valence-corrected chi connectivity index (χ0v) is 23.7. The van der Waals surface area contributed by atoms with Crippen molar-refractivity contribution in [2.24, 2.45) is 0 Å². The van der Waals surface area contributed by atoms with E-state index in [0.717, 1.165) is 22.3 Å². The maximum absolute atomic E-state index is 12.5. The summed E-state index contributed by atoms with van der Waals surface area (Å²) in [7, 11) is 0. The van der Waals surface area contributed by atoms with E-state index in [1.165, 1.54) is 0 Å². The Bertz CT molecular complexity index is 1330. The van der Waals surface area contributed by atoms with Gasteiger partial charge in [-0.2, -0.15) is 0 Å². The molecule has 40 heavy (non-hydrogen) atoms. The molecule has 3 N–H and O–H groups in total. The van der Waals surface area contributed by atoms with Crippen LogP contribution in [0.2, 0.25) is 0 Å². The Hall–Kier alpha value is -4.38. The van der Waals surface area contributed by atoms with E-state index in [1.807, 2.05) is 73.6 Å². The number of hydrogen-bond donors (Lipinski definition) is 3. The molecule has 3 rings (SSSR count). The zero-order chi connectivity index (χ0) is 29.4. The van der Waals surface area contributed by atoms with Crippen molar-refractivity contribution in [2.45, 2.75) is 60.2 Å². The summed E-state index contributed by atoms with van der Waals surface area (Å²) < 4.78 is 17.1. The van der Waals surface area contributed by atoms with Gasteiger partial charge in [0.05, 0.1) is 18.8 Å². The Morgan fingerprint density at radius 1 is 1.02 bits per heavy atom. The summed E-state index contributed by atoms with van der Waals surface area (Å²) in [6.45, 7) is 11.4. The lowest BCUT2D eigenvalue weighted by molar-refractivity contribution is -0.158. The van der Waals surface area contributed by atoms with Crippen LogP contribution >= 0.6 is 0 Å². The zero-order valence-electron chi connectivity index (χ0n) is 23.7. The molecule has 2 amide bonds. The van der Waals surface area contributed by atoms with E-state index in [2.05, 4.69) is 10.4 Å². The summed E-state index contributed by atoms with van der Waals surface area (Å²) in [6, 6.07) is 13.3. The van der Waals surface area contributed by atoms with Crippen LogP contribution in [0.15, 0.2) is 46.9 Å². The number of benzene rings is 2. The second-order valence-electron chi connectivity index (χ2n) is 9.90. The quantitative estimate of drug-likeness (QED) is 0.234. The molecule has 0 bridgehead atoms. The van der Waals surface area contributed by atoms with Crippen molar-refractivity contribution in [3.05, 3.63) is 70.6 Å². The van der Waals surface area contributed by atoms with Crippen molar-refractivity contribution in [2.75, 3.05) is 13.2 Å². The van der Waals surface area contributed by atoms with E-state index in [9.17, 15) is 14.4 Å². The minimum absolute atomic E-state index is 0.112. The molecule has 0 unspecified atom stereocenters. The molecule has 0 aliphatic heterocycles. The Kier molecular flexibility index (Phi) is 9.89. The molecule has 214 valence electrons. The van der Waals surface area contributed by atoms with Gasteiger partial charge in [-0.1, -0.05) is 30.3 Å². The second kappa shape index (κ2) is 13.1. The predicted molar refractivity (Wildman–Crippen MR) is 147 cm³/mol. The molecule has 3 aromatic rings. The van der Waals surface area contributed by atoms with Crippen molar-refractivity contribution in [3.63, 3.8) is 0 Å². The summed E-state index contributed by atoms with van der Waals surface area (Å²) in [5, 5.41) is 8.84. The van der Waals surface area contributed by atoms with Crippen molar-refractivity contribution in [1.82, 2.24) is 20.7 Å². The Balaban J connectivity index is 1.85. The van der Waals surface area contributed by atoms with Gasteiger partial charge in [-0.05, 0) is 70.4 Å². The average molecular weight is 553 g/mol. The van der Waals surface area contributed by atoms with Gasteiger partial charge in [0.25, 0.3) is 5.91 Å². The summed E-state index contributed by atoms with van der Waals surface area (Å²) >= 11 is 0. The summed E-state index contributed by atoms with van der Waals surface area (Å²) in [5.74, 6) is 0.684. The van der Waals surface area contributed by atoms with E-state index in [1.54, 1.807) is 20.8 Å². The van der Waals surface area contributed by atoms with Gasteiger partial charge in [0.1, 0.15) is 11.5 Å². The molecule has 0 radical (unpaired) electrons. The van der Waals surface area contributed by atoms with Crippen LogP contribution in [0.3, 0.4) is 0 Å². The third-order valence-corrected chi connectivity index (χ3v) is 6.01. The summed E-state index contributed by atoms with van der Waals surface area (Å²) in [6.07, 6.45) is -1.37. The number of amides is 2. The van der Waals surface area contributed by atoms with Gasteiger partial charge in [-0.15, -0.1) is 0 Å². The van der Waals surface area contributed by atoms with Crippen molar-refractivity contribution >= 4 is 18.0 Å². The van der Waals surface area contributed by atoms with E-state index in [4.69, 9.17) is 19.0 Å². The SMILES string of the molecule is CCOC(=O)C(C)(C)Oc1c(C)cc(CN(CC(=O)NNC(=O)O)Cc2nc(-c3ccccc3)oc2C)cc1C.